The van der Waals surface area contributed by atoms with Gasteiger partial charge in [0.25, 0.3) is 0 Å². The van der Waals surface area contributed by atoms with Gasteiger partial charge in [-0.3, -0.25) is 9.24 Å². The number of likely N-dealkylation sites (N-methyl/N-ethyl adjacent to an activating group) is 1. The molecule has 0 saturated heterocycles. The number of rotatable bonds is 3. The van der Waals surface area contributed by atoms with E-state index in [0.717, 1.165) is 17.1 Å². The van der Waals surface area contributed by atoms with Gasteiger partial charge in [0, 0.05) is 29.7 Å². The van der Waals surface area contributed by atoms with E-state index >= 15 is 0 Å². The first kappa shape index (κ1) is 17.1. The van der Waals surface area contributed by atoms with Crippen LogP contribution in [0.3, 0.4) is 0 Å². The Morgan fingerprint density at radius 3 is 2.38 bits per heavy atom. The fraction of sp³-hybridized carbons (Fsp3) is 0.368. The van der Waals surface area contributed by atoms with E-state index in [0.29, 0.717) is 5.50 Å². The van der Waals surface area contributed by atoms with Crippen LogP contribution < -0.4 is 10.4 Å². The van der Waals surface area contributed by atoms with Crippen molar-refractivity contribution in [1.29, 1.82) is 0 Å². The third-order valence-electron chi connectivity index (χ3n) is 4.87. The van der Waals surface area contributed by atoms with Gasteiger partial charge in [-0.1, -0.05) is 32.0 Å². The van der Waals surface area contributed by atoms with Crippen molar-refractivity contribution in [2.75, 3.05) is 26.0 Å². The summed E-state index contributed by atoms with van der Waals surface area (Å²) in [6, 6.07) is 12.0. The first-order valence-electron chi connectivity index (χ1n) is 8.09. The lowest BCUT2D eigenvalue weighted by Crippen LogP contribution is -2.25. The van der Waals surface area contributed by atoms with Gasteiger partial charge in [-0.2, -0.15) is 0 Å². The summed E-state index contributed by atoms with van der Waals surface area (Å²) in [5, 5.41) is 0. The molecule has 24 heavy (non-hydrogen) atoms. The van der Waals surface area contributed by atoms with E-state index in [1.807, 2.05) is 52.1 Å². The van der Waals surface area contributed by atoms with E-state index in [1.165, 1.54) is 5.56 Å². The Morgan fingerprint density at radius 1 is 1.17 bits per heavy atom. The Hall–Kier alpha value is -1.77. The molecule has 0 aliphatic carbocycles. The Balaban J connectivity index is 2.18. The summed E-state index contributed by atoms with van der Waals surface area (Å²) in [6.45, 7) is 6.22. The third-order valence-corrected chi connectivity index (χ3v) is 7.53. The molecule has 128 valence electrons. The molecule has 0 radical (unpaired) electrons. The molecule has 0 saturated carbocycles. The minimum absolute atomic E-state index is 0.210. The number of hydrogen-bond acceptors (Lipinski definition) is 3. The topological polar surface area (TPSA) is 36.7 Å². The summed E-state index contributed by atoms with van der Waals surface area (Å²) >= 11 is 0. The van der Waals surface area contributed by atoms with Crippen LogP contribution in [0.2, 0.25) is 0 Å². The molecule has 1 aliphatic heterocycles. The summed E-state index contributed by atoms with van der Waals surface area (Å²) in [4.78, 5) is 2.14. The number of aryl methyl sites for hydroxylation is 1. The van der Waals surface area contributed by atoms with Crippen LogP contribution in [-0.4, -0.2) is 25.8 Å². The molecule has 0 amide bonds. The van der Waals surface area contributed by atoms with E-state index in [2.05, 4.69) is 36.9 Å². The predicted molar refractivity (Wildman–Crippen MR) is 100 cm³/mol. The smallest absolute Gasteiger partial charge is 0.235 e. The van der Waals surface area contributed by atoms with Crippen LogP contribution >= 0.6 is 7.29 Å². The van der Waals surface area contributed by atoms with Crippen molar-refractivity contribution >= 4 is 18.5 Å². The molecule has 1 aromatic carbocycles. The number of nitrogens with zero attached hydrogens (tertiary/aromatic N) is 2. The lowest BCUT2D eigenvalue weighted by atomic mass is 9.84. The zero-order valence-electron chi connectivity index (χ0n) is 15.2. The van der Waals surface area contributed by atoms with Crippen molar-refractivity contribution < 1.29 is 8.98 Å². The van der Waals surface area contributed by atoms with Crippen molar-refractivity contribution in [2.45, 2.75) is 26.2 Å². The number of hydrogen-bond donors (Lipinski definition) is 0. The van der Waals surface area contributed by atoms with E-state index in [9.17, 15) is 4.57 Å². The number of allylic oxidation sites excluding steroid dienone is 1. The second-order valence-electron chi connectivity index (χ2n) is 7.07. The fourth-order valence-corrected chi connectivity index (χ4v) is 5.51. The van der Waals surface area contributed by atoms with Gasteiger partial charge in [0.1, 0.15) is 5.76 Å². The molecular formula is C19H25N2O2P. The number of benzene rings is 1. The first-order valence-corrected chi connectivity index (χ1v) is 9.82. The highest BCUT2D eigenvalue weighted by molar-refractivity contribution is 7.71. The number of anilines is 1. The van der Waals surface area contributed by atoms with E-state index in [4.69, 9.17) is 4.42 Å². The predicted octanol–water partition coefficient (Wildman–Crippen LogP) is 4.32. The molecule has 1 atom stereocenters. The maximum Gasteiger partial charge on any atom is 0.235 e. The average molecular weight is 344 g/mol. The molecule has 2 aromatic rings. The molecule has 1 aliphatic rings. The zero-order chi connectivity index (χ0) is 17.7. The Bertz CT molecular complexity index is 849. The molecule has 1 aromatic heterocycles. The monoisotopic (exact) mass is 344 g/mol. The molecule has 0 bridgehead atoms. The molecule has 1 unspecified atom stereocenters. The standard InChI is InChI=1S/C19H25N2O2P/c1-14-11-12-18(23-14)24(22,20(4)5)13-17-19(2,3)15-9-7-8-10-16(15)21(17)6/h7-13H,1-6H3. The fourth-order valence-electron chi connectivity index (χ4n) is 3.37. The van der Waals surface area contributed by atoms with Gasteiger partial charge in [0.15, 0.2) is 5.50 Å². The van der Waals surface area contributed by atoms with Crippen molar-refractivity contribution in [2.24, 2.45) is 0 Å². The van der Waals surface area contributed by atoms with Crippen molar-refractivity contribution in [3.05, 3.63) is 59.2 Å². The quantitative estimate of drug-likeness (QED) is 0.777. The minimum atomic E-state index is -2.95. The van der Waals surface area contributed by atoms with E-state index < -0.39 is 7.29 Å². The molecule has 5 heteroatoms. The Morgan fingerprint density at radius 2 is 1.83 bits per heavy atom. The van der Waals surface area contributed by atoms with Gasteiger partial charge < -0.3 is 9.32 Å². The van der Waals surface area contributed by atoms with Crippen molar-refractivity contribution in [3.8, 4) is 0 Å². The molecular weight excluding hydrogens is 319 g/mol. The van der Waals surface area contributed by atoms with Crippen LogP contribution in [0.25, 0.3) is 0 Å². The minimum Gasteiger partial charge on any atom is -0.457 e. The first-order chi connectivity index (χ1) is 11.2. The summed E-state index contributed by atoms with van der Waals surface area (Å²) in [7, 11) is 2.76. The highest BCUT2D eigenvalue weighted by Crippen LogP contribution is 2.55. The maximum absolute atomic E-state index is 13.8. The van der Waals surface area contributed by atoms with Gasteiger partial charge >= 0.3 is 0 Å². The number of furan rings is 1. The van der Waals surface area contributed by atoms with Crippen LogP contribution in [0, 0.1) is 6.92 Å². The Labute approximate surface area is 144 Å². The summed E-state index contributed by atoms with van der Waals surface area (Å²) in [5.74, 6) is 2.68. The number of fused-ring (bicyclic) bond motifs is 1. The van der Waals surface area contributed by atoms with Crippen LogP contribution in [0.5, 0.6) is 0 Å². The van der Waals surface area contributed by atoms with Gasteiger partial charge in [-0.15, -0.1) is 0 Å². The average Bonchev–Trinajstić information content (AvgIpc) is 3.04. The third kappa shape index (κ3) is 2.45. The SMILES string of the molecule is Cc1ccc(P(=O)(C=C2N(C)c3ccccc3C2(C)C)N(C)C)o1. The van der Waals surface area contributed by atoms with Crippen molar-refractivity contribution in [1.82, 2.24) is 4.67 Å². The maximum atomic E-state index is 13.8. The second-order valence-corrected chi connectivity index (χ2v) is 9.81. The summed E-state index contributed by atoms with van der Waals surface area (Å²) in [6.07, 6.45) is 0. The summed E-state index contributed by atoms with van der Waals surface area (Å²) in [5.41, 5.74) is 3.76. The van der Waals surface area contributed by atoms with E-state index in [-0.39, 0.29) is 5.41 Å². The lowest BCUT2D eigenvalue weighted by Gasteiger charge is -2.28. The zero-order valence-corrected chi connectivity index (χ0v) is 16.1. The molecule has 4 nitrogen and oxygen atoms in total. The van der Waals surface area contributed by atoms with Crippen LogP contribution in [0.15, 0.2) is 52.3 Å². The second kappa shape index (κ2) is 5.65. The molecule has 3 rings (SSSR count). The van der Waals surface area contributed by atoms with Gasteiger partial charge in [0.05, 0.1) is 0 Å². The lowest BCUT2D eigenvalue weighted by molar-refractivity contribution is 0.506. The largest absolute Gasteiger partial charge is 0.457 e. The van der Waals surface area contributed by atoms with Crippen LogP contribution in [-0.2, 0) is 9.98 Å². The van der Waals surface area contributed by atoms with Gasteiger partial charge in [-0.05, 0) is 44.8 Å². The van der Waals surface area contributed by atoms with Gasteiger partial charge in [-0.25, -0.2) is 0 Å². The van der Waals surface area contributed by atoms with Crippen LogP contribution in [0.4, 0.5) is 5.69 Å². The molecule has 0 N–H and O–H groups in total. The number of para-hydroxylation sites is 1. The van der Waals surface area contributed by atoms with Crippen LogP contribution in [0.1, 0.15) is 25.2 Å². The van der Waals surface area contributed by atoms with Gasteiger partial charge in [0.2, 0.25) is 7.29 Å². The van der Waals surface area contributed by atoms with E-state index in [1.54, 1.807) is 4.67 Å². The highest BCUT2D eigenvalue weighted by atomic mass is 31.2. The Kier molecular flexibility index (Phi) is 4.01. The summed E-state index contributed by atoms with van der Waals surface area (Å²) < 4.78 is 21.3. The highest BCUT2D eigenvalue weighted by Gasteiger charge is 2.41. The molecule has 0 fully saturated rings. The molecule has 0 spiro atoms. The van der Waals surface area contributed by atoms with Crippen molar-refractivity contribution in [3.63, 3.8) is 0 Å². The normalized spacial score (nSPS) is 20.5. The molecule has 2 heterocycles.